The van der Waals surface area contributed by atoms with E-state index < -0.39 is 5.91 Å². The van der Waals surface area contributed by atoms with Crippen LogP contribution in [0.2, 0.25) is 0 Å². The molecule has 0 fully saturated rings. The van der Waals surface area contributed by atoms with Crippen molar-refractivity contribution in [2.24, 2.45) is 5.73 Å². The average Bonchev–Trinajstić information content (AvgIpc) is 2.55. The molecule has 0 aliphatic rings. The van der Waals surface area contributed by atoms with Gasteiger partial charge in [0.15, 0.2) is 0 Å². The number of primary amides is 1. The fraction of sp³-hybridized carbons (Fsp3) is 0.0588. The van der Waals surface area contributed by atoms with Crippen LogP contribution in [0, 0.1) is 3.57 Å². The van der Waals surface area contributed by atoms with Gasteiger partial charge in [0.1, 0.15) is 5.75 Å². The van der Waals surface area contributed by atoms with Gasteiger partial charge in [0.05, 0.1) is 23.9 Å². The van der Waals surface area contributed by atoms with Gasteiger partial charge >= 0.3 is 0 Å². The van der Waals surface area contributed by atoms with E-state index in [0.717, 1.165) is 25.9 Å². The van der Waals surface area contributed by atoms with Crippen LogP contribution in [0.3, 0.4) is 0 Å². The summed E-state index contributed by atoms with van der Waals surface area (Å²) in [4.78, 5) is 16.1. The average molecular weight is 456 g/mol. The SMILES string of the molecule is COc1cccc(Nc2c(C(N)=O)cnc3ccc(I)cc23)c1.Cl. The van der Waals surface area contributed by atoms with Crippen LogP contribution < -0.4 is 15.8 Å². The molecule has 0 spiro atoms. The van der Waals surface area contributed by atoms with Gasteiger partial charge < -0.3 is 15.8 Å². The fourth-order valence-corrected chi connectivity index (χ4v) is 2.82. The van der Waals surface area contributed by atoms with Crippen LogP contribution in [0.5, 0.6) is 5.75 Å². The van der Waals surface area contributed by atoms with E-state index in [-0.39, 0.29) is 12.4 Å². The maximum Gasteiger partial charge on any atom is 0.252 e. The number of halogens is 2. The molecular formula is C17H15ClIN3O2. The molecule has 7 heteroatoms. The van der Waals surface area contributed by atoms with Crippen LogP contribution in [0.25, 0.3) is 10.9 Å². The van der Waals surface area contributed by atoms with Gasteiger partial charge in [0.25, 0.3) is 5.91 Å². The number of carbonyl (C=O) groups is 1. The van der Waals surface area contributed by atoms with Gasteiger partial charge in [-0.05, 0) is 52.9 Å². The molecule has 0 bridgehead atoms. The summed E-state index contributed by atoms with van der Waals surface area (Å²) in [5.41, 5.74) is 8.10. The minimum absolute atomic E-state index is 0. The Balaban J connectivity index is 0.00000208. The first kappa shape index (κ1) is 18.3. The molecule has 0 aliphatic carbocycles. The van der Waals surface area contributed by atoms with Crippen LogP contribution in [-0.4, -0.2) is 18.0 Å². The number of hydrogen-bond acceptors (Lipinski definition) is 4. The summed E-state index contributed by atoms with van der Waals surface area (Å²) in [5.74, 6) is 0.201. The van der Waals surface area contributed by atoms with Crippen molar-refractivity contribution in [3.63, 3.8) is 0 Å². The number of anilines is 2. The molecule has 5 nitrogen and oxygen atoms in total. The molecule has 1 aromatic heterocycles. The van der Waals surface area contributed by atoms with Crippen molar-refractivity contribution >= 4 is 63.2 Å². The number of hydrogen-bond donors (Lipinski definition) is 2. The lowest BCUT2D eigenvalue weighted by atomic mass is 10.1. The minimum atomic E-state index is -0.524. The van der Waals surface area contributed by atoms with Crippen LogP contribution in [0.15, 0.2) is 48.7 Å². The third-order valence-corrected chi connectivity index (χ3v) is 4.11. The number of pyridine rings is 1. The molecule has 1 amide bonds. The molecule has 0 saturated carbocycles. The number of rotatable bonds is 4. The number of ether oxygens (including phenoxy) is 1. The zero-order valence-electron chi connectivity index (χ0n) is 12.7. The molecule has 3 aromatic rings. The predicted molar refractivity (Wildman–Crippen MR) is 107 cm³/mol. The predicted octanol–water partition coefficient (Wildman–Crippen LogP) is 4.11. The highest BCUT2D eigenvalue weighted by molar-refractivity contribution is 14.1. The Morgan fingerprint density at radius 2 is 2.04 bits per heavy atom. The molecular weight excluding hydrogens is 441 g/mol. The Bertz CT molecular complexity index is 902. The molecule has 0 atom stereocenters. The van der Waals surface area contributed by atoms with Crippen LogP contribution in [-0.2, 0) is 0 Å². The van der Waals surface area contributed by atoms with Crippen LogP contribution in [0.1, 0.15) is 10.4 Å². The molecule has 1 heterocycles. The number of aromatic nitrogens is 1. The van der Waals surface area contributed by atoms with Gasteiger partial charge in [-0.25, -0.2) is 0 Å². The van der Waals surface area contributed by atoms with Crippen molar-refractivity contribution in [1.82, 2.24) is 4.98 Å². The zero-order valence-corrected chi connectivity index (χ0v) is 15.7. The lowest BCUT2D eigenvalue weighted by Crippen LogP contribution is -2.14. The largest absolute Gasteiger partial charge is 0.497 e. The lowest BCUT2D eigenvalue weighted by Gasteiger charge is -2.14. The van der Waals surface area contributed by atoms with E-state index in [1.807, 2.05) is 42.5 Å². The molecule has 0 unspecified atom stereocenters. The summed E-state index contributed by atoms with van der Waals surface area (Å²) in [6, 6.07) is 13.3. The Kier molecular flexibility index (Phi) is 5.84. The van der Waals surface area contributed by atoms with E-state index in [0.29, 0.717) is 11.3 Å². The first-order valence-electron chi connectivity index (χ1n) is 6.87. The van der Waals surface area contributed by atoms with Crippen molar-refractivity contribution in [3.8, 4) is 5.75 Å². The quantitative estimate of drug-likeness (QED) is 0.581. The molecule has 2 aromatic carbocycles. The van der Waals surface area contributed by atoms with Crippen molar-refractivity contribution in [2.45, 2.75) is 0 Å². The van der Waals surface area contributed by atoms with Crippen LogP contribution in [0.4, 0.5) is 11.4 Å². The minimum Gasteiger partial charge on any atom is -0.497 e. The second kappa shape index (κ2) is 7.67. The molecule has 0 radical (unpaired) electrons. The lowest BCUT2D eigenvalue weighted by molar-refractivity contribution is 0.100. The highest BCUT2D eigenvalue weighted by Crippen LogP contribution is 2.31. The first-order valence-corrected chi connectivity index (χ1v) is 7.95. The van der Waals surface area contributed by atoms with E-state index in [1.54, 1.807) is 7.11 Å². The normalized spacial score (nSPS) is 10.1. The third-order valence-electron chi connectivity index (χ3n) is 3.43. The van der Waals surface area contributed by atoms with Gasteiger partial charge in [0.2, 0.25) is 0 Å². The molecule has 24 heavy (non-hydrogen) atoms. The Hall–Kier alpha value is -2.06. The first-order chi connectivity index (χ1) is 11.1. The maximum atomic E-state index is 11.8. The van der Waals surface area contributed by atoms with E-state index in [1.165, 1.54) is 6.20 Å². The summed E-state index contributed by atoms with van der Waals surface area (Å²) < 4.78 is 6.28. The van der Waals surface area contributed by atoms with E-state index in [9.17, 15) is 4.79 Å². The number of nitrogens with one attached hydrogen (secondary N) is 1. The number of nitrogens with two attached hydrogens (primary N) is 1. The smallest absolute Gasteiger partial charge is 0.252 e. The second-order valence-corrected chi connectivity index (χ2v) is 6.18. The van der Waals surface area contributed by atoms with Crippen molar-refractivity contribution < 1.29 is 9.53 Å². The topological polar surface area (TPSA) is 77.2 Å². The highest BCUT2D eigenvalue weighted by atomic mass is 127. The van der Waals surface area contributed by atoms with E-state index in [4.69, 9.17) is 10.5 Å². The molecule has 3 N–H and O–H groups in total. The molecule has 0 saturated heterocycles. The summed E-state index contributed by atoms with van der Waals surface area (Å²) in [6.07, 6.45) is 1.50. The van der Waals surface area contributed by atoms with E-state index in [2.05, 4.69) is 32.9 Å². The number of methoxy groups -OCH3 is 1. The molecule has 3 rings (SSSR count). The Morgan fingerprint density at radius 1 is 1.25 bits per heavy atom. The van der Waals surface area contributed by atoms with Gasteiger partial charge in [-0.3, -0.25) is 9.78 Å². The van der Waals surface area contributed by atoms with Gasteiger partial charge in [0, 0.05) is 26.9 Å². The van der Waals surface area contributed by atoms with Crippen molar-refractivity contribution in [3.05, 3.63) is 57.8 Å². The summed E-state index contributed by atoms with van der Waals surface area (Å²) in [7, 11) is 1.61. The standard InChI is InChI=1S/C17H14IN3O2.ClH/c1-23-12-4-2-3-11(8-12)21-16-13-7-10(18)5-6-15(13)20-9-14(16)17(19)22;/h2-9H,1H3,(H2,19,22)(H,20,21);1H. The van der Waals surface area contributed by atoms with Gasteiger partial charge in [-0.15, -0.1) is 12.4 Å². The zero-order chi connectivity index (χ0) is 16.4. The summed E-state index contributed by atoms with van der Waals surface area (Å²) >= 11 is 2.22. The number of amides is 1. The third kappa shape index (κ3) is 3.70. The van der Waals surface area contributed by atoms with Gasteiger partial charge in [-0.2, -0.15) is 0 Å². The van der Waals surface area contributed by atoms with Crippen molar-refractivity contribution in [2.75, 3.05) is 12.4 Å². The summed E-state index contributed by atoms with van der Waals surface area (Å²) in [6.45, 7) is 0. The Morgan fingerprint density at radius 3 is 2.75 bits per heavy atom. The van der Waals surface area contributed by atoms with Gasteiger partial charge in [-0.1, -0.05) is 6.07 Å². The molecule has 124 valence electrons. The second-order valence-electron chi connectivity index (χ2n) is 4.93. The number of carbonyl (C=O) groups excluding carboxylic acids is 1. The summed E-state index contributed by atoms with van der Waals surface area (Å²) in [5, 5.41) is 4.12. The maximum absolute atomic E-state index is 11.8. The van der Waals surface area contributed by atoms with E-state index >= 15 is 0 Å². The number of benzene rings is 2. The Labute approximate surface area is 159 Å². The fourth-order valence-electron chi connectivity index (χ4n) is 2.33. The number of fused-ring (bicyclic) bond motifs is 1. The molecule has 0 aliphatic heterocycles. The van der Waals surface area contributed by atoms with Crippen molar-refractivity contribution in [1.29, 1.82) is 0 Å². The number of nitrogens with zero attached hydrogens (tertiary/aromatic N) is 1. The monoisotopic (exact) mass is 455 g/mol. The van der Waals surface area contributed by atoms with Crippen LogP contribution >= 0.6 is 35.0 Å². The highest BCUT2D eigenvalue weighted by Gasteiger charge is 2.14.